The number of methoxy groups -OCH3 is 1. The van der Waals surface area contributed by atoms with E-state index in [4.69, 9.17) is 34.8 Å². The molecule has 2 atom stereocenters. The SMILES string of the molecule is COC(=O)NCCC1Nc2cccc(c2)C(n2cnc(-c3cc(Cl)ccc3N(N)/C=C(\N)Cl)cc2=O)CCCCCNC1=O. The molecule has 0 fully saturated rings. The van der Waals surface area contributed by atoms with E-state index in [0.29, 0.717) is 47.0 Å². The van der Waals surface area contributed by atoms with Gasteiger partial charge in [-0.05, 0) is 55.2 Å². The van der Waals surface area contributed by atoms with E-state index < -0.39 is 12.1 Å². The van der Waals surface area contributed by atoms with Crippen LogP contribution in [0.3, 0.4) is 0 Å². The summed E-state index contributed by atoms with van der Waals surface area (Å²) in [5.41, 5.74) is 8.35. The van der Waals surface area contributed by atoms with E-state index in [1.807, 2.05) is 24.3 Å². The third-order valence-corrected chi connectivity index (χ3v) is 7.55. The van der Waals surface area contributed by atoms with Crippen LogP contribution in [0.15, 0.2) is 71.0 Å². The van der Waals surface area contributed by atoms with Crippen LogP contribution >= 0.6 is 23.2 Å². The van der Waals surface area contributed by atoms with Gasteiger partial charge in [-0.2, -0.15) is 0 Å². The van der Waals surface area contributed by atoms with Crippen molar-refractivity contribution >= 4 is 46.6 Å². The number of ether oxygens (including phenoxy) is 1. The third-order valence-electron chi connectivity index (χ3n) is 7.22. The maximum atomic E-state index is 13.7. The summed E-state index contributed by atoms with van der Waals surface area (Å²) in [4.78, 5) is 42.8. The first-order valence-corrected chi connectivity index (χ1v) is 14.9. The average Bonchev–Trinajstić information content (AvgIpc) is 3.00. The normalized spacial score (nSPS) is 17.6. The monoisotopic (exact) mass is 642 g/mol. The van der Waals surface area contributed by atoms with Crippen molar-refractivity contribution < 1.29 is 14.3 Å². The molecule has 2 aromatic carbocycles. The summed E-state index contributed by atoms with van der Waals surface area (Å²) in [6, 6.07) is 13.2. The predicted octanol–water partition coefficient (Wildman–Crippen LogP) is 4.05. The smallest absolute Gasteiger partial charge is 0.406 e. The maximum Gasteiger partial charge on any atom is 0.406 e. The quantitative estimate of drug-likeness (QED) is 0.145. The summed E-state index contributed by atoms with van der Waals surface area (Å²) in [6.07, 6.45) is 5.80. The number of carbonyl (C=O) groups excluding carboxylic acids is 2. The second kappa shape index (κ2) is 15.5. The molecule has 7 N–H and O–H groups in total. The molecule has 0 saturated heterocycles. The number of nitrogens with one attached hydrogen (secondary N) is 3. The van der Waals surface area contributed by atoms with Crippen LogP contribution < -0.4 is 38.1 Å². The van der Waals surface area contributed by atoms with E-state index >= 15 is 0 Å². The number of amides is 2. The molecule has 2 amide bonds. The first kappa shape index (κ1) is 32.6. The number of aromatic nitrogens is 2. The number of fused-ring (bicyclic) bond motifs is 2. The largest absolute Gasteiger partial charge is 0.453 e. The van der Waals surface area contributed by atoms with Gasteiger partial charge in [0.25, 0.3) is 5.56 Å². The van der Waals surface area contributed by atoms with Gasteiger partial charge in [-0.25, -0.2) is 15.6 Å². The number of anilines is 2. The zero-order valence-electron chi connectivity index (χ0n) is 24.3. The minimum Gasteiger partial charge on any atom is -0.453 e. The van der Waals surface area contributed by atoms with Crippen molar-refractivity contribution in [2.75, 3.05) is 30.5 Å². The minimum atomic E-state index is -0.594. The van der Waals surface area contributed by atoms with Gasteiger partial charge in [-0.3, -0.25) is 19.2 Å². The van der Waals surface area contributed by atoms with E-state index in [1.165, 1.54) is 30.7 Å². The molecule has 234 valence electrons. The van der Waals surface area contributed by atoms with Gasteiger partial charge in [0.2, 0.25) is 5.91 Å². The van der Waals surface area contributed by atoms with Crippen LogP contribution in [0.1, 0.15) is 43.7 Å². The molecule has 3 aromatic rings. The van der Waals surface area contributed by atoms with Crippen LogP contribution in [0.4, 0.5) is 16.2 Å². The fourth-order valence-corrected chi connectivity index (χ4v) is 5.35. The van der Waals surface area contributed by atoms with Crippen molar-refractivity contribution in [2.24, 2.45) is 11.6 Å². The lowest BCUT2D eigenvalue weighted by Crippen LogP contribution is -2.42. The molecule has 12 nitrogen and oxygen atoms in total. The van der Waals surface area contributed by atoms with Crippen LogP contribution in [-0.2, 0) is 9.53 Å². The molecule has 2 heterocycles. The molecule has 1 aliphatic heterocycles. The standard InChI is InChI=1S/C30H36Cl2N8O4/c1-44-30(43)36-13-11-23-29(42)35-12-4-2-3-8-25(19-6-5-7-21(14-19)38-23)39-18-37-24(16-28(39)41)22-15-20(31)9-10-26(22)40(34)17-27(32)33/h5-7,9-10,14-18,23,25,38H,2-4,8,11-13,33-34H2,1H3,(H,35,42)(H,36,43)/b27-17-. The van der Waals surface area contributed by atoms with E-state index in [0.717, 1.165) is 24.8 Å². The number of hydrogen-bond acceptors (Lipinski definition) is 9. The summed E-state index contributed by atoms with van der Waals surface area (Å²) < 4.78 is 6.24. The fraction of sp³-hybridized carbons (Fsp3) is 0.333. The number of benzene rings is 2. The molecule has 44 heavy (non-hydrogen) atoms. The third kappa shape index (κ3) is 8.65. The first-order chi connectivity index (χ1) is 21.2. The summed E-state index contributed by atoms with van der Waals surface area (Å²) >= 11 is 12.1. The van der Waals surface area contributed by atoms with Crippen LogP contribution in [0.25, 0.3) is 11.3 Å². The van der Waals surface area contributed by atoms with Crippen LogP contribution in [0, 0.1) is 0 Å². The molecular weight excluding hydrogens is 607 g/mol. The molecule has 0 spiro atoms. The Balaban J connectivity index is 1.66. The number of nitrogens with zero attached hydrogens (tertiary/aromatic N) is 3. The molecule has 2 bridgehead atoms. The van der Waals surface area contributed by atoms with Gasteiger partial charge in [-0.15, -0.1) is 0 Å². The molecule has 1 aliphatic rings. The minimum absolute atomic E-state index is 0.0176. The topological polar surface area (TPSA) is 170 Å². The van der Waals surface area contributed by atoms with Gasteiger partial charge in [-0.1, -0.05) is 48.2 Å². The highest BCUT2D eigenvalue weighted by atomic mass is 35.5. The highest BCUT2D eigenvalue weighted by Gasteiger charge is 2.22. The first-order valence-electron chi connectivity index (χ1n) is 14.2. The lowest BCUT2D eigenvalue weighted by Gasteiger charge is -2.23. The summed E-state index contributed by atoms with van der Waals surface area (Å²) in [5.74, 6) is 5.99. The number of rotatable bonds is 7. The van der Waals surface area contributed by atoms with Crippen LogP contribution in [0.2, 0.25) is 5.02 Å². The van der Waals surface area contributed by atoms with Crippen molar-refractivity contribution in [3.05, 3.63) is 87.2 Å². The predicted molar refractivity (Wildman–Crippen MR) is 172 cm³/mol. The highest BCUT2D eigenvalue weighted by molar-refractivity contribution is 6.31. The molecule has 0 radical (unpaired) electrons. The van der Waals surface area contributed by atoms with E-state index in [1.54, 1.807) is 22.8 Å². The molecule has 0 aliphatic carbocycles. The zero-order chi connectivity index (χ0) is 31.6. The Morgan fingerprint density at radius 1 is 1.20 bits per heavy atom. The van der Waals surface area contributed by atoms with Crippen molar-refractivity contribution in [2.45, 2.75) is 44.2 Å². The zero-order valence-corrected chi connectivity index (χ0v) is 25.8. The summed E-state index contributed by atoms with van der Waals surface area (Å²) in [7, 11) is 1.29. The van der Waals surface area contributed by atoms with Crippen LogP contribution in [0.5, 0.6) is 0 Å². The summed E-state index contributed by atoms with van der Waals surface area (Å²) in [6.45, 7) is 0.768. The van der Waals surface area contributed by atoms with E-state index in [2.05, 4.69) is 25.7 Å². The lowest BCUT2D eigenvalue weighted by atomic mass is 9.99. The van der Waals surface area contributed by atoms with Gasteiger partial charge in [0.15, 0.2) is 0 Å². The van der Waals surface area contributed by atoms with Gasteiger partial charge in [0.1, 0.15) is 11.2 Å². The fourth-order valence-electron chi connectivity index (χ4n) is 5.07. The van der Waals surface area contributed by atoms with E-state index in [9.17, 15) is 14.4 Å². The van der Waals surface area contributed by atoms with Gasteiger partial charge >= 0.3 is 6.09 Å². The second-order valence-corrected chi connectivity index (χ2v) is 11.2. The number of hydrogen-bond donors (Lipinski definition) is 5. The molecule has 1 aromatic heterocycles. The number of alkyl carbamates (subject to hydrolysis) is 1. The number of halogens is 2. The number of hydrazine groups is 1. The maximum absolute atomic E-state index is 13.7. The molecule has 2 unspecified atom stereocenters. The Bertz CT molecular complexity index is 1560. The van der Waals surface area contributed by atoms with Crippen molar-refractivity contribution in [1.29, 1.82) is 0 Å². The van der Waals surface area contributed by atoms with Gasteiger partial charge in [0.05, 0.1) is 37.1 Å². The van der Waals surface area contributed by atoms with Crippen molar-refractivity contribution in [3.8, 4) is 11.3 Å². The Morgan fingerprint density at radius 2 is 2.02 bits per heavy atom. The molecule has 14 heteroatoms. The number of carbonyl (C=O) groups is 2. The van der Waals surface area contributed by atoms with Gasteiger partial charge < -0.3 is 26.4 Å². The second-order valence-electron chi connectivity index (χ2n) is 10.3. The van der Waals surface area contributed by atoms with Crippen molar-refractivity contribution in [1.82, 2.24) is 20.2 Å². The Labute approximate surface area is 265 Å². The summed E-state index contributed by atoms with van der Waals surface area (Å²) in [5, 5.41) is 10.6. The van der Waals surface area contributed by atoms with E-state index in [-0.39, 0.29) is 29.2 Å². The van der Waals surface area contributed by atoms with Crippen molar-refractivity contribution in [3.63, 3.8) is 0 Å². The molecule has 0 saturated carbocycles. The van der Waals surface area contributed by atoms with Gasteiger partial charge in [0, 0.05) is 35.4 Å². The lowest BCUT2D eigenvalue weighted by molar-refractivity contribution is -0.121. The average molecular weight is 644 g/mol. The molecule has 4 rings (SSSR count). The highest BCUT2D eigenvalue weighted by Crippen LogP contribution is 2.32. The Kier molecular flexibility index (Phi) is 11.5. The number of nitrogens with two attached hydrogens (primary N) is 2. The Morgan fingerprint density at radius 3 is 2.77 bits per heavy atom. The molecular formula is C30H36Cl2N8O4. The van der Waals surface area contributed by atoms with Crippen LogP contribution in [-0.4, -0.2) is 47.8 Å². The Hall–Kier alpha value is -4.26.